The molecule has 2 aliphatic rings. The molecular weight excluding hydrogens is 258 g/mol. The Morgan fingerprint density at radius 3 is 2.60 bits per heavy atom. The molecule has 5 heteroatoms. The summed E-state index contributed by atoms with van der Waals surface area (Å²) in [6.45, 7) is 2.76. The third kappa shape index (κ3) is 2.97. The van der Waals surface area contributed by atoms with Crippen molar-refractivity contribution in [2.45, 2.75) is 64.0 Å². The molecule has 0 bridgehead atoms. The van der Waals surface area contributed by atoms with Crippen LogP contribution in [-0.2, 0) is 19.1 Å². The van der Waals surface area contributed by atoms with E-state index in [1.54, 1.807) is 0 Å². The van der Waals surface area contributed by atoms with Gasteiger partial charge in [-0.05, 0) is 32.6 Å². The fraction of sp³-hybridized carbons (Fsp3) is 0.867. The Kier molecular flexibility index (Phi) is 5.02. The van der Waals surface area contributed by atoms with Crippen LogP contribution in [-0.4, -0.2) is 37.7 Å². The summed E-state index contributed by atoms with van der Waals surface area (Å²) in [7, 11) is 1.37. The van der Waals surface area contributed by atoms with Gasteiger partial charge in [-0.1, -0.05) is 6.42 Å². The predicted molar refractivity (Wildman–Crippen MR) is 74.1 cm³/mol. The highest BCUT2D eigenvalue weighted by Gasteiger charge is 2.59. The number of carbonyl (C=O) groups is 2. The number of methoxy groups -OCH3 is 1. The Morgan fingerprint density at radius 2 is 2.05 bits per heavy atom. The van der Waals surface area contributed by atoms with Gasteiger partial charge < -0.3 is 14.8 Å². The average molecular weight is 283 g/mol. The van der Waals surface area contributed by atoms with E-state index < -0.39 is 0 Å². The number of amides is 1. The number of nitrogens with one attached hydrogen (secondary N) is 1. The molecule has 2 rings (SSSR count). The van der Waals surface area contributed by atoms with Gasteiger partial charge in [-0.15, -0.1) is 0 Å². The summed E-state index contributed by atoms with van der Waals surface area (Å²) in [5.41, 5.74) is 0.202. The molecule has 0 aromatic carbocycles. The summed E-state index contributed by atoms with van der Waals surface area (Å²) in [4.78, 5) is 22.9. The lowest BCUT2D eigenvalue weighted by Crippen LogP contribution is -2.67. The molecule has 2 atom stereocenters. The zero-order valence-corrected chi connectivity index (χ0v) is 12.4. The van der Waals surface area contributed by atoms with Gasteiger partial charge in [0.2, 0.25) is 5.91 Å². The van der Waals surface area contributed by atoms with Crippen molar-refractivity contribution in [1.82, 2.24) is 5.32 Å². The van der Waals surface area contributed by atoms with Crippen molar-refractivity contribution in [2.75, 3.05) is 13.7 Å². The highest BCUT2D eigenvalue weighted by atomic mass is 16.5. The molecular formula is C15H25NO4. The lowest BCUT2D eigenvalue weighted by Gasteiger charge is -2.61. The molecule has 114 valence electrons. The fourth-order valence-electron chi connectivity index (χ4n) is 3.40. The Morgan fingerprint density at radius 1 is 1.30 bits per heavy atom. The summed E-state index contributed by atoms with van der Waals surface area (Å²) in [6.07, 6.45) is 6.04. The molecule has 2 fully saturated rings. The first kappa shape index (κ1) is 15.3. The summed E-state index contributed by atoms with van der Waals surface area (Å²) >= 11 is 0. The Balaban J connectivity index is 1.71. The van der Waals surface area contributed by atoms with E-state index >= 15 is 0 Å². The molecule has 0 heterocycles. The van der Waals surface area contributed by atoms with E-state index in [2.05, 4.69) is 10.1 Å². The molecule has 0 radical (unpaired) electrons. The predicted octanol–water partition coefficient (Wildman–Crippen LogP) is 1.79. The number of hydrogen-bond acceptors (Lipinski definition) is 4. The second kappa shape index (κ2) is 6.57. The quantitative estimate of drug-likeness (QED) is 0.724. The normalized spacial score (nSPS) is 26.5. The minimum atomic E-state index is -0.256. The van der Waals surface area contributed by atoms with Crippen LogP contribution in [0.5, 0.6) is 0 Å². The van der Waals surface area contributed by atoms with Gasteiger partial charge in [-0.25, -0.2) is 0 Å². The van der Waals surface area contributed by atoms with Crippen molar-refractivity contribution < 1.29 is 19.1 Å². The van der Waals surface area contributed by atoms with Crippen LogP contribution in [0.4, 0.5) is 0 Å². The number of rotatable bonds is 7. The van der Waals surface area contributed by atoms with E-state index in [0.717, 1.165) is 25.9 Å². The number of carbonyl (C=O) groups excluding carboxylic acids is 2. The van der Waals surface area contributed by atoms with Crippen LogP contribution >= 0.6 is 0 Å². The van der Waals surface area contributed by atoms with Crippen LogP contribution in [0.15, 0.2) is 0 Å². The zero-order valence-electron chi connectivity index (χ0n) is 12.4. The van der Waals surface area contributed by atoms with Crippen molar-refractivity contribution in [3.63, 3.8) is 0 Å². The van der Waals surface area contributed by atoms with E-state index in [-0.39, 0.29) is 23.3 Å². The summed E-state index contributed by atoms with van der Waals surface area (Å²) in [5, 5.41) is 3.12. The van der Waals surface area contributed by atoms with Crippen LogP contribution in [0.3, 0.4) is 0 Å². The summed E-state index contributed by atoms with van der Waals surface area (Å²) in [6, 6.07) is 0.262. The molecule has 0 saturated heterocycles. The highest BCUT2D eigenvalue weighted by Crippen LogP contribution is 2.57. The minimum absolute atomic E-state index is 0.0418. The van der Waals surface area contributed by atoms with Gasteiger partial charge in [0.15, 0.2) is 0 Å². The van der Waals surface area contributed by atoms with Gasteiger partial charge in [-0.3, -0.25) is 9.59 Å². The molecule has 2 aliphatic carbocycles. The highest BCUT2D eigenvalue weighted by molar-refractivity contribution is 5.77. The molecule has 1 N–H and O–H groups in total. The minimum Gasteiger partial charge on any atom is -0.469 e. The van der Waals surface area contributed by atoms with E-state index in [1.807, 2.05) is 6.92 Å². The van der Waals surface area contributed by atoms with E-state index in [4.69, 9.17) is 4.74 Å². The van der Waals surface area contributed by atoms with Gasteiger partial charge in [0.1, 0.15) is 0 Å². The number of ether oxygens (including phenoxy) is 2. The number of hydrogen-bond donors (Lipinski definition) is 1. The molecule has 0 aromatic heterocycles. The second-order valence-electron chi connectivity index (χ2n) is 5.82. The van der Waals surface area contributed by atoms with E-state index in [1.165, 1.54) is 13.5 Å². The van der Waals surface area contributed by atoms with Crippen molar-refractivity contribution in [2.24, 2.45) is 5.41 Å². The molecule has 1 amide bonds. The van der Waals surface area contributed by atoms with Gasteiger partial charge in [0.25, 0.3) is 0 Å². The summed E-state index contributed by atoms with van der Waals surface area (Å²) < 4.78 is 10.3. The molecule has 0 unspecified atom stereocenters. The average Bonchev–Trinajstić information content (AvgIpc) is 2.35. The SMILES string of the molecule is CCO[C@@H]1C[C@@H](NC(=O)CCCC(=O)OC)C12CCC2. The smallest absolute Gasteiger partial charge is 0.305 e. The van der Waals surface area contributed by atoms with Gasteiger partial charge in [0, 0.05) is 30.9 Å². The fourth-order valence-corrected chi connectivity index (χ4v) is 3.40. The van der Waals surface area contributed by atoms with E-state index in [0.29, 0.717) is 25.4 Å². The van der Waals surface area contributed by atoms with Crippen LogP contribution in [0.25, 0.3) is 0 Å². The van der Waals surface area contributed by atoms with Crippen LogP contribution in [0.1, 0.15) is 51.9 Å². The molecule has 2 saturated carbocycles. The molecule has 1 spiro atoms. The molecule has 5 nitrogen and oxygen atoms in total. The lowest BCUT2D eigenvalue weighted by atomic mass is 9.51. The maximum Gasteiger partial charge on any atom is 0.305 e. The van der Waals surface area contributed by atoms with Gasteiger partial charge in [0.05, 0.1) is 13.2 Å². The van der Waals surface area contributed by atoms with Crippen molar-refractivity contribution in [3.8, 4) is 0 Å². The van der Waals surface area contributed by atoms with Crippen molar-refractivity contribution >= 4 is 11.9 Å². The maximum absolute atomic E-state index is 11.9. The largest absolute Gasteiger partial charge is 0.469 e. The van der Waals surface area contributed by atoms with Crippen LogP contribution < -0.4 is 5.32 Å². The maximum atomic E-state index is 11.9. The second-order valence-corrected chi connectivity index (χ2v) is 5.82. The van der Waals surface area contributed by atoms with Crippen LogP contribution in [0.2, 0.25) is 0 Å². The van der Waals surface area contributed by atoms with Gasteiger partial charge >= 0.3 is 5.97 Å². The monoisotopic (exact) mass is 283 g/mol. The van der Waals surface area contributed by atoms with E-state index in [9.17, 15) is 9.59 Å². The van der Waals surface area contributed by atoms with Crippen molar-refractivity contribution in [3.05, 3.63) is 0 Å². The van der Waals surface area contributed by atoms with Gasteiger partial charge in [-0.2, -0.15) is 0 Å². The summed E-state index contributed by atoms with van der Waals surface area (Å²) in [5.74, 6) is -0.214. The Labute approximate surface area is 120 Å². The first-order valence-electron chi connectivity index (χ1n) is 7.60. The molecule has 0 aliphatic heterocycles. The third-order valence-electron chi connectivity index (χ3n) is 4.78. The first-order valence-corrected chi connectivity index (χ1v) is 7.60. The van der Waals surface area contributed by atoms with Crippen LogP contribution in [0, 0.1) is 5.41 Å². The van der Waals surface area contributed by atoms with Crippen molar-refractivity contribution in [1.29, 1.82) is 0 Å². The zero-order chi connectivity index (χ0) is 14.6. The lowest BCUT2D eigenvalue weighted by molar-refractivity contribution is -0.175. The standard InChI is InChI=1S/C15H25NO4/c1-3-20-12-10-11(15(12)8-5-9-15)16-13(17)6-4-7-14(18)19-2/h11-12H,3-10H2,1-2H3,(H,16,17)/t11-,12-/m1/s1. The molecule has 20 heavy (non-hydrogen) atoms. The molecule has 0 aromatic rings. The first-order chi connectivity index (χ1) is 9.62. The Bertz CT molecular complexity index is 365. The Hall–Kier alpha value is -1.10. The third-order valence-corrected chi connectivity index (χ3v) is 4.78. The number of esters is 1. The topological polar surface area (TPSA) is 64.6 Å².